The third-order valence-corrected chi connectivity index (χ3v) is 8.16. The Hall–Kier alpha value is -2.68. The Morgan fingerprint density at radius 2 is 1.76 bits per heavy atom. The lowest BCUT2D eigenvalue weighted by atomic mass is 10.2. The minimum absolute atomic E-state index is 0.0988. The molecule has 0 saturated heterocycles. The lowest BCUT2D eigenvalue weighted by Crippen LogP contribution is -2.41. The van der Waals surface area contributed by atoms with E-state index < -0.39 is 15.9 Å². The second-order valence-corrected chi connectivity index (χ2v) is 10.9. The molecule has 0 spiro atoms. The second-order valence-electron chi connectivity index (χ2n) is 7.49. The first kappa shape index (κ1) is 25.9. The molecule has 0 aromatic heterocycles. The van der Waals surface area contributed by atoms with E-state index in [0.29, 0.717) is 28.8 Å². The Balaban J connectivity index is 1.71. The molecule has 34 heavy (non-hydrogen) atoms. The molecule has 0 radical (unpaired) electrons. The molecule has 180 valence electrons. The molecule has 9 heteroatoms. The first-order valence-electron chi connectivity index (χ1n) is 10.6. The fourth-order valence-corrected chi connectivity index (χ4v) is 5.85. The van der Waals surface area contributed by atoms with Crippen molar-refractivity contribution in [2.45, 2.75) is 17.6 Å². The molecule has 0 saturated carbocycles. The Morgan fingerprint density at radius 1 is 1.06 bits per heavy atom. The zero-order valence-corrected chi connectivity index (χ0v) is 21.4. The smallest absolute Gasteiger partial charge is 0.264 e. The molecule has 1 amide bonds. The van der Waals surface area contributed by atoms with Crippen LogP contribution in [-0.4, -0.2) is 40.3 Å². The number of benzene rings is 3. The van der Waals surface area contributed by atoms with E-state index in [0.717, 1.165) is 21.2 Å². The number of carbonyl (C=O) groups is 1. The monoisotopic (exact) mass is 518 g/mol. The molecule has 3 aromatic rings. The summed E-state index contributed by atoms with van der Waals surface area (Å²) in [6.07, 6.45) is 0. The van der Waals surface area contributed by atoms with E-state index >= 15 is 0 Å². The molecule has 0 bridgehead atoms. The van der Waals surface area contributed by atoms with Gasteiger partial charge >= 0.3 is 0 Å². The van der Waals surface area contributed by atoms with Crippen LogP contribution in [0.4, 0.5) is 5.69 Å². The fraction of sp³-hybridized carbons (Fsp3) is 0.240. The average Bonchev–Trinajstić information content (AvgIpc) is 2.84. The number of ether oxygens (including phenoxy) is 1. The third kappa shape index (κ3) is 6.68. The Morgan fingerprint density at radius 3 is 2.47 bits per heavy atom. The van der Waals surface area contributed by atoms with Crippen molar-refractivity contribution >= 4 is 45.0 Å². The van der Waals surface area contributed by atoms with Gasteiger partial charge < -0.3 is 10.1 Å². The van der Waals surface area contributed by atoms with Crippen LogP contribution in [0.15, 0.2) is 77.7 Å². The normalized spacial score (nSPS) is 11.1. The number of thioether (sulfide) groups is 1. The Bertz CT molecular complexity index is 1220. The van der Waals surface area contributed by atoms with Crippen molar-refractivity contribution in [1.82, 2.24) is 5.32 Å². The summed E-state index contributed by atoms with van der Waals surface area (Å²) in [6.45, 7) is 1.89. The summed E-state index contributed by atoms with van der Waals surface area (Å²) in [6, 6.07) is 20.9. The number of hydrogen-bond acceptors (Lipinski definition) is 5. The molecular weight excluding hydrogens is 492 g/mol. The van der Waals surface area contributed by atoms with Crippen LogP contribution in [0.1, 0.15) is 11.1 Å². The second kappa shape index (κ2) is 12.1. The summed E-state index contributed by atoms with van der Waals surface area (Å²) in [4.78, 5) is 12.9. The van der Waals surface area contributed by atoms with Crippen LogP contribution in [0, 0.1) is 6.92 Å². The Labute approximate surface area is 210 Å². The molecule has 0 aliphatic rings. The molecule has 0 unspecified atom stereocenters. The van der Waals surface area contributed by atoms with Gasteiger partial charge in [-0.25, -0.2) is 8.42 Å². The summed E-state index contributed by atoms with van der Waals surface area (Å²) in [5, 5.41) is 3.54. The van der Waals surface area contributed by atoms with Crippen LogP contribution in [-0.2, 0) is 20.6 Å². The molecule has 0 heterocycles. The van der Waals surface area contributed by atoms with E-state index in [9.17, 15) is 13.2 Å². The van der Waals surface area contributed by atoms with Crippen LogP contribution in [0.25, 0.3) is 0 Å². The summed E-state index contributed by atoms with van der Waals surface area (Å²) in [5.74, 6) is 1.36. The highest BCUT2D eigenvalue weighted by atomic mass is 35.5. The quantitative estimate of drug-likeness (QED) is 0.365. The predicted octanol–water partition coefficient (Wildman–Crippen LogP) is 4.90. The average molecular weight is 519 g/mol. The summed E-state index contributed by atoms with van der Waals surface area (Å²) >= 11 is 7.81. The van der Waals surface area contributed by atoms with Gasteiger partial charge in [0.05, 0.1) is 17.7 Å². The van der Waals surface area contributed by atoms with E-state index in [2.05, 4.69) is 5.32 Å². The minimum Gasteiger partial charge on any atom is -0.495 e. The van der Waals surface area contributed by atoms with Crippen molar-refractivity contribution in [1.29, 1.82) is 0 Å². The predicted molar refractivity (Wildman–Crippen MR) is 139 cm³/mol. The topological polar surface area (TPSA) is 75.7 Å². The number of sulfonamides is 1. The molecule has 3 aromatic carbocycles. The lowest BCUT2D eigenvalue weighted by Gasteiger charge is -2.26. The number of nitrogens with one attached hydrogen (secondary N) is 1. The van der Waals surface area contributed by atoms with Crippen molar-refractivity contribution in [3.8, 4) is 5.75 Å². The van der Waals surface area contributed by atoms with Crippen LogP contribution >= 0.6 is 23.4 Å². The summed E-state index contributed by atoms with van der Waals surface area (Å²) < 4.78 is 33.5. The first-order chi connectivity index (χ1) is 16.3. The number of rotatable bonds is 11. The van der Waals surface area contributed by atoms with E-state index in [1.165, 1.54) is 19.2 Å². The lowest BCUT2D eigenvalue weighted by molar-refractivity contribution is -0.119. The van der Waals surface area contributed by atoms with Crippen molar-refractivity contribution in [3.63, 3.8) is 0 Å². The van der Waals surface area contributed by atoms with Gasteiger partial charge in [-0.05, 0) is 48.4 Å². The SMILES string of the molecule is COc1ccc(C)cc1N(CC(=O)NCCSCc1ccccc1Cl)S(=O)(=O)c1ccccc1. The molecule has 0 aliphatic heterocycles. The van der Waals surface area contributed by atoms with Gasteiger partial charge in [-0.3, -0.25) is 9.10 Å². The van der Waals surface area contributed by atoms with E-state index in [1.807, 2.05) is 37.3 Å². The number of anilines is 1. The van der Waals surface area contributed by atoms with E-state index in [1.54, 1.807) is 42.1 Å². The molecule has 0 fully saturated rings. The molecule has 6 nitrogen and oxygen atoms in total. The minimum atomic E-state index is -4.00. The first-order valence-corrected chi connectivity index (χ1v) is 13.6. The van der Waals surface area contributed by atoms with Crippen LogP contribution in [0.5, 0.6) is 5.75 Å². The zero-order chi connectivity index (χ0) is 24.6. The van der Waals surface area contributed by atoms with Gasteiger partial charge in [-0.2, -0.15) is 11.8 Å². The standard InChI is InChI=1S/C25H27ClN2O4S2/c1-19-12-13-24(32-2)23(16-19)28(34(30,31)21-9-4-3-5-10-21)17-25(29)27-14-15-33-18-20-8-6-7-11-22(20)26/h3-13,16H,14-15,17-18H2,1-2H3,(H,27,29). The van der Waals surface area contributed by atoms with Gasteiger partial charge in [-0.1, -0.05) is 54.1 Å². The molecule has 0 aliphatic carbocycles. The van der Waals surface area contributed by atoms with Crippen molar-refractivity contribution < 1.29 is 17.9 Å². The fourth-order valence-electron chi connectivity index (χ4n) is 3.26. The van der Waals surface area contributed by atoms with Crippen LogP contribution < -0.4 is 14.4 Å². The highest BCUT2D eigenvalue weighted by Gasteiger charge is 2.29. The highest BCUT2D eigenvalue weighted by Crippen LogP contribution is 2.33. The van der Waals surface area contributed by atoms with Gasteiger partial charge in [0.25, 0.3) is 10.0 Å². The highest BCUT2D eigenvalue weighted by molar-refractivity contribution is 7.98. The number of carbonyl (C=O) groups excluding carboxylic acids is 1. The maximum atomic E-state index is 13.5. The summed E-state index contributed by atoms with van der Waals surface area (Å²) in [7, 11) is -2.53. The molecule has 0 atom stereocenters. The molecule has 3 rings (SSSR count). The van der Waals surface area contributed by atoms with E-state index in [-0.39, 0.29) is 11.4 Å². The third-order valence-electron chi connectivity index (χ3n) is 5.01. The molecule has 1 N–H and O–H groups in total. The number of amides is 1. The van der Waals surface area contributed by atoms with Gasteiger partial charge in [0, 0.05) is 23.1 Å². The number of methoxy groups -OCH3 is 1. The number of halogens is 1. The Kier molecular flexibility index (Phi) is 9.27. The maximum absolute atomic E-state index is 13.5. The van der Waals surface area contributed by atoms with Crippen molar-refractivity contribution in [3.05, 3.63) is 88.9 Å². The largest absolute Gasteiger partial charge is 0.495 e. The van der Waals surface area contributed by atoms with E-state index in [4.69, 9.17) is 16.3 Å². The van der Waals surface area contributed by atoms with Gasteiger partial charge in [-0.15, -0.1) is 0 Å². The number of nitrogens with zero attached hydrogens (tertiary/aromatic N) is 1. The van der Waals surface area contributed by atoms with Gasteiger partial charge in [0.15, 0.2) is 0 Å². The molecular formula is C25H27ClN2O4S2. The van der Waals surface area contributed by atoms with Gasteiger partial charge in [0.2, 0.25) is 5.91 Å². The number of aryl methyl sites for hydroxylation is 1. The zero-order valence-electron chi connectivity index (χ0n) is 19.0. The van der Waals surface area contributed by atoms with Crippen LogP contribution in [0.2, 0.25) is 5.02 Å². The summed E-state index contributed by atoms with van der Waals surface area (Å²) in [5.41, 5.74) is 2.20. The van der Waals surface area contributed by atoms with Crippen molar-refractivity contribution in [2.75, 3.05) is 30.3 Å². The maximum Gasteiger partial charge on any atom is 0.264 e. The van der Waals surface area contributed by atoms with Crippen molar-refractivity contribution in [2.24, 2.45) is 0 Å². The number of hydrogen-bond donors (Lipinski definition) is 1. The van der Waals surface area contributed by atoms with Gasteiger partial charge in [0.1, 0.15) is 12.3 Å². The van der Waals surface area contributed by atoms with Crippen LogP contribution in [0.3, 0.4) is 0 Å².